The number of thiocarbonyl (C=S) groups is 1. The lowest BCUT2D eigenvalue weighted by molar-refractivity contribution is -0.123. The summed E-state index contributed by atoms with van der Waals surface area (Å²) in [6, 6.07) is 12.9. The fourth-order valence-electron chi connectivity index (χ4n) is 2.35. The van der Waals surface area contributed by atoms with Crippen LogP contribution in [0.4, 0.5) is 0 Å². The number of nitrogens with one attached hydrogen (secondary N) is 3. The van der Waals surface area contributed by atoms with Crippen molar-refractivity contribution in [1.82, 2.24) is 16.2 Å². The van der Waals surface area contributed by atoms with E-state index in [-0.39, 0.29) is 18.3 Å². The quantitative estimate of drug-likeness (QED) is 0.321. The van der Waals surface area contributed by atoms with Gasteiger partial charge in [0.2, 0.25) is 0 Å². The van der Waals surface area contributed by atoms with Crippen molar-refractivity contribution in [2.75, 3.05) is 19.8 Å². The highest BCUT2D eigenvalue weighted by molar-refractivity contribution is 7.80. The summed E-state index contributed by atoms with van der Waals surface area (Å²) in [5.74, 6) is -0.617. The predicted octanol–water partition coefficient (Wildman–Crippen LogP) is 1.98. The summed E-state index contributed by atoms with van der Waals surface area (Å²) in [6.45, 7) is 3.92. The molecule has 0 saturated carbocycles. The van der Waals surface area contributed by atoms with Gasteiger partial charge in [-0.15, -0.1) is 0 Å². The molecule has 10 heteroatoms. The lowest BCUT2D eigenvalue weighted by Crippen LogP contribution is -2.49. The normalized spacial score (nSPS) is 9.87. The minimum atomic E-state index is -0.527. The van der Waals surface area contributed by atoms with E-state index in [9.17, 15) is 14.4 Å². The van der Waals surface area contributed by atoms with Crippen molar-refractivity contribution in [3.8, 4) is 11.5 Å². The van der Waals surface area contributed by atoms with Crippen LogP contribution in [0.3, 0.4) is 0 Å². The van der Waals surface area contributed by atoms with Crippen LogP contribution in [-0.2, 0) is 9.53 Å². The van der Waals surface area contributed by atoms with Crippen LogP contribution < -0.4 is 25.6 Å². The number of benzene rings is 2. The molecule has 2 aromatic carbocycles. The maximum atomic E-state index is 12.3. The molecule has 2 amide bonds. The monoisotopic (exact) mass is 445 g/mol. The third-order valence-corrected chi connectivity index (χ3v) is 3.91. The second-order valence-electron chi connectivity index (χ2n) is 5.92. The van der Waals surface area contributed by atoms with E-state index in [0.29, 0.717) is 29.2 Å². The van der Waals surface area contributed by atoms with Crippen LogP contribution in [0.5, 0.6) is 11.5 Å². The van der Waals surface area contributed by atoms with Crippen molar-refractivity contribution < 1.29 is 28.6 Å². The molecule has 0 saturated heterocycles. The van der Waals surface area contributed by atoms with Gasteiger partial charge in [-0.05, 0) is 62.5 Å². The van der Waals surface area contributed by atoms with E-state index in [1.165, 1.54) is 12.1 Å². The SMILES string of the molecule is CCOC(=O)c1ccc(OCC(=O)NNC(=S)NC(=O)c2ccccc2OCC)cc1. The Labute approximate surface area is 185 Å². The van der Waals surface area contributed by atoms with Crippen molar-refractivity contribution in [2.24, 2.45) is 0 Å². The van der Waals surface area contributed by atoms with Crippen LogP contribution in [-0.4, -0.2) is 42.7 Å². The highest BCUT2D eigenvalue weighted by atomic mass is 32.1. The molecule has 0 bridgehead atoms. The maximum absolute atomic E-state index is 12.3. The van der Waals surface area contributed by atoms with Crippen LogP contribution in [0.2, 0.25) is 0 Å². The van der Waals surface area contributed by atoms with E-state index in [1.54, 1.807) is 43.3 Å². The average molecular weight is 445 g/mol. The Kier molecular flexibility index (Phi) is 9.24. The third-order valence-electron chi connectivity index (χ3n) is 3.71. The van der Waals surface area contributed by atoms with E-state index in [1.807, 2.05) is 6.92 Å². The number of hydrogen-bond donors (Lipinski definition) is 3. The first-order chi connectivity index (χ1) is 14.9. The van der Waals surface area contributed by atoms with E-state index in [2.05, 4.69) is 16.2 Å². The van der Waals surface area contributed by atoms with Crippen molar-refractivity contribution in [1.29, 1.82) is 0 Å². The highest BCUT2D eigenvalue weighted by Crippen LogP contribution is 2.17. The number of hydrogen-bond acceptors (Lipinski definition) is 7. The number of carbonyl (C=O) groups excluding carboxylic acids is 3. The van der Waals surface area contributed by atoms with Gasteiger partial charge in [0.1, 0.15) is 11.5 Å². The summed E-state index contributed by atoms with van der Waals surface area (Å²) >= 11 is 5.01. The van der Waals surface area contributed by atoms with E-state index < -0.39 is 17.8 Å². The molecule has 2 aromatic rings. The summed E-state index contributed by atoms with van der Waals surface area (Å²) in [7, 11) is 0. The molecule has 0 fully saturated rings. The Balaban J connectivity index is 1.76. The number of ether oxygens (including phenoxy) is 3. The number of para-hydroxylation sites is 1. The fourth-order valence-corrected chi connectivity index (χ4v) is 2.49. The van der Waals surface area contributed by atoms with Crippen molar-refractivity contribution >= 4 is 35.1 Å². The predicted molar refractivity (Wildman–Crippen MR) is 117 cm³/mol. The summed E-state index contributed by atoms with van der Waals surface area (Å²) in [5.41, 5.74) is 5.44. The smallest absolute Gasteiger partial charge is 0.338 e. The second-order valence-corrected chi connectivity index (χ2v) is 6.33. The van der Waals surface area contributed by atoms with Crippen LogP contribution in [0, 0.1) is 0 Å². The second kappa shape index (κ2) is 12.1. The molecule has 0 atom stereocenters. The molecule has 0 heterocycles. The van der Waals surface area contributed by atoms with Crippen molar-refractivity contribution in [2.45, 2.75) is 13.8 Å². The van der Waals surface area contributed by atoms with Crippen LogP contribution >= 0.6 is 12.2 Å². The molecule has 0 unspecified atom stereocenters. The first-order valence-electron chi connectivity index (χ1n) is 9.46. The van der Waals surface area contributed by atoms with E-state index >= 15 is 0 Å². The molecule has 9 nitrogen and oxygen atoms in total. The largest absolute Gasteiger partial charge is 0.493 e. The van der Waals surface area contributed by atoms with Crippen molar-refractivity contribution in [3.63, 3.8) is 0 Å². The van der Waals surface area contributed by atoms with Gasteiger partial charge in [-0.3, -0.25) is 25.8 Å². The molecular formula is C21H23N3O6S. The van der Waals surface area contributed by atoms with Crippen molar-refractivity contribution in [3.05, 3.63) is 59.7 Å². The fraction of sp³-hybridized carbons (Fsp3) is 0.238. The molecule has 0 aliphatic heterocycles. The summed E-state index contributed by atoms with van der Waals surface area (Å²) in [6.07, 6.45) is 0. The molecule has 31 heavy (non-hydrogen) atoms. The first-order valence-corrected chi connectivity index (χ1v) is 9.87. The Morgan fingerprint density at radius 1 is 0.903 bits per heavy atom. The lowest BCUT2D eigenvalue weighted by atomic mass is 10.2. The molecule has 0 aromatic heterocycles. The number of carbonyl (C=O) groups is 3. The topological polar surface area (TPSA) is 115 Å². The molecule has 0 aliphatic carbocycles. The van der Waals surface area contributed by atoms with Gasteiger partial charge in [-0.25, -0.2) is 4.79 Å². The van der Waals surface area contributed by atoms with Gasteiger partial charge in [-0.1, -0.05) is 12.1 Å². The Hall–Kier alpha value is -3.66. The van der Waals surface area contributed by atoms with Gasteiger partial charge >= 0.3 is 5.97 Å². The molecular weight excluding hydrogens is 422 g/mol. The zero-order chi connectivity index (χ0) is 22.6. The minimum absolute atomic E-state index is 0.0940. The number of rotatable bonds is 8. The number of hydrazine groups is 1. The Morgan fingerprint density at radius 3 is 2.29 bits per heavy atom. The van der Waals surface area contributed by atoms with Gasteiger partial charge in [0.15, 0.2) is 11.7 Å². The highest BCUT2D eigenvalue weighted by Gasteiger charge is 2.14. The van der Waals surface area contributed by atoms with E-state index in [4.69, 9.17) is 26.4 Å². The Morgan fingerprint density at radius 2 is 1.61 bits per heavy atom. The Bertz CT molecular complexity index is 933. The average Bonchev–Trinajstić information content (AvgIpc) is 2.77. The molecule has 0 aliphatic rings. The van der Waals surface area contributed by atoms with E-state index in [0.717, 1.165) is 0 Å². The summed E-state index contributed by atoms with van der Waals surface area (Å²) in [5, 5.41) is 2.36. The number of esters is 1. The van der Waals surface area contributed by atoms with Crippen LogP contribution in [0.1, 0.15) is 34.6 Å². The van der Waals surface area contributed by atoms with Gasteiger partial charge in [0.05, 0.1) is 24.3 Å². The van der Waals surface area contributed by atoms with Gasteiger partial charge in [0.25, 0.3) is 11.8 Å². The summed E-state index contributed by atoms with van der Waals surface area (Å²) in [4.78, 5) is 35.8. The standard InChI is InChI=1S/C21H23N3O6S/c1-3-28-17-8-6-5-7-16(17)19(26)22-21(31)24-23-18(25)13-30-15-11-9-14(10-12-15)20(27)29-4-2/h5-12H,3-4,13H2,1-2H3,(H,23,25)(H2,22,24,26,31). The summed E-state index contributed by atoms with van der Waals surface area (Å²) < 4.78 is 15.6. The molecule has 2 rings (SSSR count). The number of amides is 2. The third kappa shape index (κ3) is 7.59. The van der Waals surface area contributed by atoms with Gasteiger partial charge in [0, 0.05) is 0 Å². The first kappa shape index (κ1) is 23.6. The molecule has 3 N–H and O–H groups in total. The molecule has 0 spiro atoms. The zero-order valence-corrected chi connectivity index (χ0v) is 17.9. The molecule has 164 valence electrons. The van der Waals surface area contributed by atoms with Gasteiger partial charge < -0.3 is 14.2 Å². The molecule has 0 radical (unpaired) electrons. The minimum Gasteiger partial charge on any atom is -0.493 e. The lowest BCUT2D eigenvalue weighted by Gasteiger charge is -2.13. The van der Waals surface area contributed by atoms with Gasteiger partial charge in [-0.2, -0.15) is 0 Å². The zero-order valence-electron chi connectivity index (χ0n) is 17.1. The van der Waals surface area contributed by atoms with Crippen LogP contribution in [0.15, 0.2) is 48.5 Å². The maximum Gasteiger partial charge on any atom is 0.338 e. The van der Waals surface area contributed by atoms with Crippen LogP contribution in [0.25, 0.3) is 0 Å².